The molecule has 7 heteroatoms. The Hall–Kier alpha value is -0.750. The monoisotopic (exact) mass is 313 g/mol. The maximum absolute atomic E-state index is 12.5. The van der Waals surface area contributed by atoms with Gasteiger partial charge >= 0.3 is 5.97 Å². The van der Waals surface area contributed by atoms with Crippen LogP contribution in [0, 0.1) is 0 Å². The summed E-state index contributed by atoms with van der Waals surface area (Å²) in [6, 6.07) is 1.18. The van der Waals surface area contributed by atoms with Crippen LogP contribution in [-0.4, -0.2) is 17.6 Å². The van der Waals surface area contributed by atoms with Crippen molar-refractivity contribution in [1.82, 2.24) is 4.98 Å². The van der Waals surface area contributed by atoms with Crippen molar-refractivity contribution in [3.05, 3.63) is 26.9 Å². The maximum Gasteiger partial charge on any atom is 0.339 e. The molecule has 16 heavy (non-hydrogen) atoms. The van der Waals surface area contributed by atoms with E-state index in [2.05, 4.69) is 20.9 Å². The summed E-state index contributed by atoms with van der Waals surface area (Å²) in [5, 5.41) is -0.179. The largest absolute Gasteiger partial charge is 0.462 e. The van der Waals surface area contributed by atoms with Crippen LogP contribution >= 0.6 is 27.5 Å². The van der Waals surface area contributed by atoms with Crippen molar-refractivity contribution >= 4 is 33.5 Å². The summed E-state index contributed by atoms with van der Waals surface area (Å²) >= 11 is 8.42. The first kappa shape index (κ1) is 13.3. The molecule has 0 unspecified atom stereocenters. The molecule has 1 aromatic heterocycles. The highest BCUT2D eigenvalue weighted by Gasteiger charge is 2.22. The molecule has 0 aliphatic heterocycles. The number of rotatable bonds is 3. The van der Waals surface area contributed by atoms with Crippen molar-refractivity contribution < 1.29 is 18.3 Å². The number of aromatic nitrogens is 1. The Morgan fingerprint density at radius 1 is 1.69 bits per heavy atom. The number of pyridine rings is 1. The normalized spacial score (nSPS) is 10.6. The molecule has 0 aliphatic rings. The second-order valence-corrected chi connectivity index (χ2v) is 3.89. The number of halogens is 4. The van der Waals surface area contributed by atoms with Crippen molar-refractivity contribution in [2.75, 3.05) is 6.61 Å². The molecule has 0 aliphatic carbocycles. The molecule has 88 valence electrons. The number of carbonyl (C=O) groups excluding carboxylic acids is 1. The SMILES string of the molecule is CCOC(=O)c1cc(Cl)nc(C(F)F)c1Br. The Balaban J connectivity index is 3.24. The molecule has 0 spiro atoms. The van der Waals surface area contributed by atoms with Crippen LogP contribution in [0.25, 0.3) is 0 Å². The van der Waals surface area contributed by atoms with Gasteiger partial charge in [0.05, 0.1) is 16.6 Å². The molecule has 0 amide bonds. The number of esters is 1. The van der Waals surface area contributed by atoms with Crippen LogP contribution in [0.1, 0.15) is 29.4 Å². The third-order valence-electron chi connectivity index (χ3n) is 1.65. The highest BCUT2D eigenvalue weighted by molar-refractivity contribution is 9.10. The molecule has 0 fully saturated rings. The highest BCUT2D eigenvalue weighted by atomic mass is 79.9. The fraction of sp³-hybridized carbons (Fsp3) is 0.333. The van der Waals surface area contributed by atoms with Crippen LogP contribution in [0.2, 0.25) is 5.15 Å². The zero-order valence-corrected chi connectivity index (χ0v) is 10.5. The molecule has 0 atom stereocenters. The summed E-state index contributed by atoms with van der Waals surface area (Å²) < 4.78 is 29.7. The summed E-state index contributed by atoms with van der Waals surface area (Å²) in [5.41, 5.74) is -0.632. The summed E-state index contributed by atoms with van der Waals surface area (Å²) in [7, 11) is 0. The minimum Gasteiger partial charge on any atom is -0.462 e. The van der Waals surface area contributed by atoms with Gasteiger partial charge in [0.2, 0.25) is 0 Å². The molecule has 0 bridgehead atoms. The van der Waals surface area contributed by atoms with E-state index in [9.17, 15) is 13.6 Å². The van der Waals surface area contributed by atoms with E-state index < -0.39 is 18.1 Å². The summed E-state index contributed by atoms with van der Waals surface area (Å²) in [4.78, 5) is 14.8. The van der Waals surface area contributed by atoms with E-state index in [1.807, 2.05) is 0 Å². The van der Waals surface area contributed by atoms with E-state index in [4.69, 9.17) is 16.3 Å². The second-order valence-electron chi connectivity index (χ2n) is 2.71. The van der Waals surface area contributed by atoms with E-state index >= 15 is 0 Å². The standard InChI is InChI=1S/C9H7BrClF2NO2/c1-2-16-9(15)4-3-5(11)14-7(6(4)10)8(12)13/h3,8H,2H2,1H3. The predicted molar refractivity (Wildman–Crippen MR) is 57.9 cm³/mol. The number of hydrogen-bond donors (Lipinski definition) is 0. The number of ether oxygens (including phenoxy) is 1. The predicted octanol–water partition coefficient (Wildman–Crippen LogP) is 3.61. The first-order valence-electron chi connectivity index (χ1n) is 4.28. The van der Waals surface area contributed by atoms with Crippen LogP contribution in [0.4, 0.5) is 8.78 Å². The Labute approximate surface area is 104 Å². The lowest BCUT2D eigenvalue weighted by Gasteiger charge is -2.08. The van der Waals surface area contributed by atoms with Crippen molar-refractivity contribution in [1.29, 1.82) is 0 Å². The number of nitrogens with zero attached hydrogens (tertiary/aromatic N) is 1. The van der Waals surface area contributed by atoms with E-state index in [1.54, 1.807) is 6.92 Å². The quantitative estimate of drug-likeness (QED) is 0.632. The molecular formula is C9H7BrClF2NO2. The topological polar surface area (TPSA) is 39.2 Å². The smallest absolute Gasteiger partial charge is 0.339 e. The molecule has 0 aromatic carbocycles. The van der Waals surface area contributed by atoms with Crippen molar-refractivity contribution in [2.45, 2.75) is 13.3 Å². The van der Waals surface area contributed by atoms with Gasteiger partial charge in [0.1, 0.15) is 10.8 Å². The zero-order chi connectivity index (χ0) is 12.3. The summed E-state index contributed by atoms with van der Waals surface area (Å²) in [6.07, 6.45) is -2.82. The molecule has 3 nitrogen and oxygen atoms in total. The van der Waals surface area contributed by atoms with Crippen LogP contribution in [-0.2, 0) is 4.74 Å². The minimum atomic E-state index is -2.82. The molecule has 0 N–H and O–H groups in total. The lowest BCUT2D eigenvalue weighted by Crippen LogP contribution is -2.08. The van der Waals surface area contributed by atoms with Crippen LogP contribution in [0.3, 0.4) is 0 Å². The van der Waals surface area contributed by atoms with Gasteiger partial charge in [0, 0.05) is 0 Å². The second kappa shape index (κ2) is 5.54. The average molecular weight is 315 g/mol. The van der Waals surface area contributed by atoms with E-state index in [0.29, 0.717) is 0 Å². The van der Waals surface area contributed by atoms with Gasteiger partial charge in [-0.3, -0.25) is 0 Å². The molecule has 1 heterocycles. The Kier molecular flexibility index (Phi) is 4.61. The Morgan fingerprint density at radius 3 is 2.81 bits per heavy atom. The van der Waals surface area contributed by atoms with Crippen LogP contribution in [0.15, 0.2) is 10.5 Å². The molecule has 0 saturated carbocycles. The van der Waals surface area contributed by atoms with Gasteiger partial charge in [-0.15, -0.1) is 0 Å². The van der Waals surface area contributed by atoms with Gasteiger partial charge in [-0.1, -0.05) is 11.6 Å². The first-order valence-corrected chi connectivity index (χ1v) is 5.45. The van der Waals surface area contributed by atoms with Crippen molar-refractivity contribution in [3.8, 4) is 0 Å². The fourth-order valence-electron chi connectivity index (χ4n) is 1.02. The van der Waals surface area contributed by atoms with Crippen molar-refractivity contribution in [2.24, 2.45) is 0 Å². The molecule has 0 saturated heterocycles. The zero-order valence-electron chi connectivity index (χ0n) is 8.14. The third-order valence-corrected chi connectivity index (χ3v) is 2.68. The first-order chi connectivity index (χ1) is 7.47. The number of alkyl halides is 2. The van der Waals surface area contributed by atoms with Gasteiger partial charge in [0.25, 0.3) is 6.43 Å². The molecule has 0 radical (unpaired) electrons. The van der Waals surface area contributed by atoms with E-state index in [1.165, 1.54) is 6.07 Å². The van der Waals surface area contributed by atoms with Gasteiger partial charge in [0.15, 0.2) is 0 Å². The summed E-state index contributed by atoms with van der Waals surface area (Å²) in [6.45, 7) is 1.76. The Bertz CT molecular complexity index is 415. The van der Waals surface area contributed by atoms with Gasteiger partial charge in [-0.2, -0.15) is 0 Å². The van der Waals surface area contributed by atoms with E-state index in [0.717, 1.165) is 0 Å². The fourth-order valence-corrected chi connectivity index (χ4v) is 1.76. The molecule has 1 aromatic rings. The van der Waals surface area contributed by atoms with Gasteiger partial charge in [-0.05, 0) is 28.9 Å². The minimum absolute atomic E-state index is 0.0582. The van der Waals surface area contributed by atoms with Gasteiger partial charge in [-0.25, -0.2) is 18.6 Å². The van der Waals surface area contributed by atoms with Crippen molar-refractivity contribution in [3.63, 3.8) is 0 Å². The summed E-state index contributed by atoms with van der Waals surface area (Å²) in [5.74, 6) is -0.722. The lowest BCUT2D eigenvalue weighted by atomic mass is 10.2. The average Bonchev–Trinajstić information content (AvgIpc) is 2.20. The maximum atomic E-state index is 12.5. The third kappa shape index (κ3) is 2.89. The Morgan fingerprint density at radius 2 is 2.31 bits per heavy atom. The van der Waals surface area contributed by atoms with Crippen LogP contribution < -0.4 is 0 Å². The highest BCUT2D eigenvalue weighted by Crippen LogP contribution is 2.30. The number of hydrogen-bond acceptors (Lipinski definition) is 3. The van der Waals surface area contributed by atoms with Gasteiger partial charge < -0.3 is 4.74 Å². The number of carbonyl (C=O) groups is 1. The molecule has 1 rings (SSSR count). The van der Waals surface area contributed by atoms with Crippen LogP contribution in [0.5, 0.6) is 0 Å². The van der Waals surface area contributed by atoms with E-state index in [-0.39, 0.29) is 21.8 Å². The molecular weight excluding hydrogens is 307 g/mol. The lowest BCUT2D eigenvalue weighted by molar-refractivity contribution is 0.0524.